The van der Waals surface area contributed by atoms with Gasteiger partial charge < -0.3 is 5.32 Å². The average molecular weight is 239 g/mol. The number of nitrogens with zero attached hydrogens (tertiary/aromatic N) is 1. The molecular formula is C10H20Cl2N2. The van der Waals surface area contributed by atoms with Crippen molar-refractivity contribution >= 4 is 24.8 Å². The summed E-state index contributed by atoms with van der Waals surface area (Å²) in [4.78, 5) is 2.73. The summed E-state index contributed by atoms with van der Waals surface area (Å²) in [5.41, 5.74) is 0. The zero-order valence-corrected chi connectivity index (χ0v) is 10.1. The molecule has 3 fully saturated rings. The molecule has 84 valence electrons. The molecule has 0 aromatic rings. The summed E-state index contributed by atoms with van der Waals surface area (Å²) < 4.78 is 0. The largest absolute Gasteiger partial charge is 0.312 e. The van der Waals surface area contributed by atoms with Crippen molar-refractivity contribution < 1.29 is 0 Å². The van der Waals surface area contributed by atoms with Crippen molar-refractivity contribution in [2.24, 2.45) is 5.92 Å². The Morgan fingerprint density at radius 2 is 1.79 bits per heavy atom. The van der Waals surface area contributed by atoms with E-state index >= 15 is 0 Å². The number of fused-ring (bicyclic) bond motifs is 1. The Morgan fingerprint density at radius 1 is 1.00 bits per heavy atom. The zero-order chi connectivity index (χ0) is 7.97. The highest BCUT2D eigenvalue weighted by molar-refractivity contribution is 5.85. The van der Waals surface area contributed by atoms with E-state index in [1.54, 1.807) is 0 Å². The quantitative estimate of drug-likeness (QED) is 0.748. The minimum atomic E-state index is 0. The lowest BCUT2D eigenvalue weighted by atomic mass is 9.92. The second kappa shape index (κ2) is 5.02. The fourth-order valence-electron chi connectivity index (χ4n) is 2.93. The Kier molecular flexibility index (Phi) is 4.51. The number of nitrogens with one attached hydrogen (secondary N) is 1. The molecule has 2 nitrogen and oxygen atoms in total. The number of halogens is 2. The summed E-state index contributed by atoms with van der Waals surface area (Å²) in [6.45, 7) is 4.01. The van der Waals surface area contributed by atoms with E-state index < -0.39 is 0 Å². The first-order chi connectivity index (χ1) is 5.93. The molecule has 4 heteroatoms. The third kappa shape index (κ3) is 2.04. The highest BCUT2D eigenvalue weighted by Crippen LogP contribution is 2.32. The van der Waals surface area contributed by atoms with Crippen molar-refractivity contribution in [3.8, 4) is 0 Å². The van der Waals surface area contributed by atoms with Crippen LogP contribution >= 0.6 is 24.8 Å². The van der Waals surface area contributed by atoms with Gasteiger partial charge in [-0.1, -0.05) is 6.42 Å². The lowest BCUT2D eigenvalue weighted by Crippen LogP contribution is -2.40. The molecule has 0 aromatic heterocycles. The van der Waals surface area contributed by atoms with Crippen molar-refractivity contribution in [3.05, 3.63) is 0 Å². The molecule has 2 saturated heterocycles. The fraction of sp³-hybridized carbons (Fsp3) is 1.00. The monoisotopic (exact) mass is 238 g/mol. The van der Waals surface area contributed by atoms with Crippen molar-refractivity contribution in [1.82, 2.24) is 10.2 Å². The van der Waals surface area contributed by atoms with Gasteiger partial charge in [0.05, 0.1) is 0 Å². The maximum Gasteiger partial charge on any atom is 0.0236 e. The molecule has 0 unspecified atom stereocenters. The van der Waals surface area contributed by atoms with E-state index in [4.69, 9.17) is 0 Å². The molecule has 2 heterocycles. The van der Waals surface area contributed by atoms with Crippen LogP contribution in [0.4, 0.5) is 0 Å². The molecule has 1 saturated carbocycles. The molecule has 0 amide bonds. The Labute approximate surface area is 98.6 Å². The molecule has 0 bridgehead atoms. The predicted octanol–water partition coefficient (Wildman–Crippen LogP) is 1.68. The number of hydrogen-bond donors (Lipinski definition) is 1. The van der Waals surface area contributed by atoms with Gasteiger partial charge in [-0.3, -0.25) is 4.90 Å². The summed E-state index contributed by atoms with van der Waals surface area (Å²) in [5.74, 6) is 0.991. The maximum absolute atomic E-state index is 3.61. The highest BCUT2D eigenvalue weighted by atomic mass is 35.5. The van der Waals surface area contributed by atoms with Gasteiger partial charge >= 0.3 is 0 Å². The van der Waals surface area contributed by atoms with E-state index in [9.17, 15) is 0 Å². The van der Waals surface area contributed by atoms with Crippen LogP contribution in [-0.4, -0.2) is 36.6 Å². The van der Waals surface area contributed by atoms with Crippen LogP contribution in [0, 0.1) is 5.92 Å². The summed E-state index contributed by atoms with van der Waals surface area (Å²) in [6, 6.07) is 1.82. The molecule has 2 atom stereocenters. The highest BCUT2D eigenvalue weighted by Gasteiger charge is 2.39. The second-order valence-corrected chi connectivity index (χ2v) is 4.65. The molecule has 1 N–H and O–H groups in total. The third-order valence-corrected chi connectivity index (χ3v) is 3.98. The lowest BCUT2D eigenvalue weighted by molar-refractivity contribution is 0.149. The van der Waals surface area contributed by atoms with Crippen molar-refractivity contribution in [2.75, 3.05) is 19.6 Å². The van der Waals surface area contributed by atoms with Gasteiger partial charge in [-0.2, -0.15) is 0 Å². The smallest absolute Gasteiger partial charge is 0.0236 e. The van der Waals surface area contributed by atoms with Crippen molar-refractivity contribution in [2.45, 2.75) is 37.8 Å². The molecule has 0 spiro atoms. The van der Waals surface area contributed by atoms with E-state index in [1.807, 2.05) is 0 Å². The van der Waals surface area contributed by atoms with Crippen LogP contribution in [0.25, 0.3) is 0 Å². The van der Waals surface area contributed by atoms with Crippen molar-refractivity contribution in [1.29, 1.82) is 0 Å². The molecular weight excluding hydrogens is 219 g/mol. The van der Waals surface area contributed by atoms with Crippen LogP contribution in [0.2, 0.25) is 0 Å². The Bertz CT molecular complexity index is 173. The zero-order valence-electron chi connectivity index (χ0n) is 8.45. The van der Waals surface area contributed by atoms with Crippen LogP contribution in [0.3, 0.4) is 0 Å². The Hall–Kier alpha value is 0.500. The van der Waals surface area contributed by atoms with E-state index in [1.165, 1.54) is 45.3 Å². The Balaban J connectivity index is 0.000000490. The number of likely N-dealkylation sites (tertiary alicyclic amines) is 1. The van der Waals surface area contributed by atoms with E-state index in [-0.39, 0.29) is 24.8 Å². The van der Waals surface area contributed by atoms with Crippen LogP contribution in [0.15, 0.2) is 0 Å². The molecule has 0 radical (unpaired) electrons. The maximum atomic E-state index is 3.61. The topological polar surface area (TPSA) is 15.3 Å². The molecule has 14 heavy (non-hydrogen) atoms. The second-order valence-electron chi connectivity index (χ2n) is 4.65. The van der Waals surface area contributed by atoms with Crippen LogP contribution < -0.4 is 5.32 Å². The van der Waals surface area contributed by atoms with E-state index in [0.29, 0.717) is 0 Å². The van der Waals surface area contributed by atoms with Gasteiger partial charge in [-0.15, -0.1) is 24.8 Å². The van der Waals surface area contributed by atoms with Gasteiger partial charge in [-0.05, 0) is 31.7 Å². The standard InChI is InChI=1S/C10H18N2.2ClH/c1-2-9(3-1)12-6-8-4-5-11-10(8)7-12;;/h8-11H,1-7H2;2*1H/t8-,10+;;/m1../s1. The first kappa shape index (κ1) is 12.6. The van der Waals surface area contributed by atoms with Crippen molar-refractivity contribution in [3.63, 3.8) is 0 Å². The average Bonchev–Trinajstić information content (AvgIpc) is 2.40. The number of rotatable bonds is 1. The van der Waals surface area contributed by atoms with Gasteiger partial charge in [0.15, 0.2) is 0 Å². The molecule has 0 aromatic carbocycles. The SMILES string of the molecule is C1CC(N2C[C@H]3CCN[C@H]3C2)C1.Cl.Cl. The third-order valence-electron chi connectivity index (χ3n) is 3.98. The molecule has 1 aliphatic carbocycles. The van der Waals surface area contributed by atoms with E-state index in [0.717, 1.165) is 18.0 Å². The van der Waals surface area contributed by atoms with E-state index in [2.05, 4.69) is 10.2 Å². The minimum Gasteiger partial charge on any atom is -0.312 e. The van der Waals surface area contributed by atoms with Gasteiger partial charge in [-0.25, -0.2) is 0 Å². The molecule has 3 aliphatic rings. The van der Waals surface area contributed by atoms with Gasteiger partial charge in [0.2, 0.25) is 0 Å². The van der Waals surface area contributed by atoms with Gasteiger partial charge in [0, 0.05) is 25.2 Å². The molecule has 3 rings (SSSR count). The first-order valence-electron chi connectivity index (χ1n) is 5.41. The summed E-state index contributed by atoms with van der Waals surface area (Å²) in [6.07, 6.45) is 5.84. The Morgan fingerprint density at radius 3 is 2.36 bits per heavy atom. The fourth-order valence-corrected chi connectivity index (χ4v) is 2.93. The normalized spacial score (nSPS) is 36.9. The lowest BCUT2D eigenvalue weighted by Gasteiger charge is -2.35. The van der Waals surface area contributed by atoms with Crippen LogP contribution in [-0.2, 0) is 0 Å². The van der Waals surface area contributed by atoms with Crippen LogP contribution in [0.5, 0.6) is 0 Å². The molecule has 2 aliphatic heterocycles. The number of hydrogen-bond acceptors (Lipinski definition) is 2. The van der Waals surface area contributed by atoms with Gasteiger partial charge in [0.1, 0.15) is 0 Å². The summed E-state index contributed by atoms with van der Waals surface area (Å²) >= 11 is 0. The predicted molar refractivity (Wildman–Crippen MR) is 63.6 cm³/mol. The van der Waals surface area contributed by atoms with Gasteiger partial charge in [0.25, 0.3) is 0 Å². The first-order valence-corrected chi connectivity index (χ1v) is 5.41. The summed E-state index contributed by atoms with van der Waals surface area (Å²) in [5, 5.41) is 3.61. The van der Waals surface area contributed by atoms with Crippen LogP contribution in [0.1, 0.15) is 25.7 Å². The minimum absolute atomic E-state index is 0. The summed E-state index contributed by atoms with van der Waals surface area (Å²) in [7, 11) is 0.